The normalized spacial score (nSPS) is 11.0. The maximum Gasteiger partial charge on any atom is 0.0700 e. The number of methoxy groups -OCH3 is 1. The van der Waals surface area contributed by atoms with E-state index in [1.807, 2.05) is 11.3 Å². The van der Waals surface area contributed by atoms with Crippen LogP contribution in [0.2, 0.25) is 0 Å². The Hall–Kier alpha value is -0.420. The van der Waals surface area contributed by atoms with E-state index in [4.69, 9.17) is 9.47 Å². The van der Waals surface area contributed by atoms with Gasteiger partial charge in [-0.05, 0) is 38.4 Å². The maximum atomic E-state index is 5.39. The van der Waals surface area contributed by atoms with Crippen molar-refractivity contribution in [3.63, 3.8) is 0 Å². The minimum Gasteiger partial charge on any atom is -0.382 e. The molecule has 0 atom stereocenters. The molecule has 0 radical (unpaired) electrons. The molecule has 1 heterocycles. The molecule has 98 valence electrons. The molecule has 0 saturated carbocycles. The van der Waals surface area contributed by atoms with Crippen molar-refractivity contribution < 1.29 is 9.47 Å². The molecule has 0 fully saturated rings. The third-order valence-electron chi connectivity index (χ3n) is 2.59. The van der Waals surface area contributed by atoms with E-state index in [9.17, 15) is 0 Å². The molecule has 0 amide bonds. The molecule has 17 heavy (non-hydrogen) atoms. The van der Waals surface area contributed by atoms with E-state index < -0.39 is 0 Å². The van der Waals surface area contributed by atoms with Gasteiger partial charge in [-0.1, -0.05) is 0 Å². The number of thiophene rings is 1. The third-order valence-corrected chi connectivity index (χ3v) is 3.74. The van der Waals surface area contributed by atoms with Crippen molar-refractivity contribution in [1.82, 2.24) is 5.32 Å². The molecule has 1 aromatic rings. The molecule has 0 aromatic carbocycles. The predicted octanol–water partition coefficient (Wildman–Crippen LogP) is 2.51. The van der Waals surface area contributed by atoms with E-state index in [1.165, 1.54) is 15.3 Å². The van der Waals surface area contributed by atoms with E-state index in [-0.39, 0.29) is 0 Å². The molecular weight excluding hydrogens is 234 g/mol. The zero-order valence-electron chi connectivity index (χ0n) is 11.0. The Balaban J connectivity index is 1.97. The van der Waals surface area contributed by atoms with Gasteiger partial charge in [0.1, 0.15) is 0 Å². The van der Waals surface area contributed by atoms with Crippen molar-refractivity contribution >= 4 is 11.3 Å². The van der Waals surface area contributed by atoms with Crippen LogP contribution in [0.5, 0.6) is 0 Å². The highest BCUT2D eigenvalue weighted by Crippen LogP contribution is 2.20. The number of hydrogen-bond donors (Lipinski definition) is 1. The van der Waals surface area contributed by atoms with Crippen molar-refractivity contribution in [3.05, 3.63) is 21.4 Å². The summed E-state index contributed by atoms with van der Waals surface area (Å²) in [6.45, 7) is 8.49. The van der Waals surface area contributed by atoms with Crippen LogP contribution in [0, 0.1) is 13.8 Å². The molecule has 0 aliphatic carbocycles. The summed E-state index contributed by atoms with van der Waals surface area (Å²) in [7, 11) is 1.69. The van der Waals surface area contributed by atoms with Crippen LogP contribution in [0.4, 0.5) is 0 Å². The molecule has 1 aromatic heterocycles. The fraction of sp³-hybridized carbons (Fsp3) is 0.692. The molecule has 4 heteroatoms. The van der Waals surface area contributed by atoms with E-state index in [0.29, 0.717) is 13.2 Å². The quantitative estimate of drug-likeness (QED) is 0.690. The number of ether oxygens (including phenoxy) is 2. The average Bonchev–Trinajstić information content (AvgIpc) is 2.62. The fourth-order valence-electron chi connectivity index (χ4n) is 1.49. The second kappa shape index (κ2) is 8.64. The summed E-state index contributed by atoms with van der Waals surface area (Å²) in [5, 5.41) is 3.43. The Kier molecular flexibility index (Phi) is 7.44. The Morgan fingerprint density at radius 1 is 1.24 bits per heavy atom. The van der Waals surface area contributed by atoms with Gasteiger partial charge in [-0.3, -0.25) is 0 Å². The molecular formula is C13H23NO2S. The molecule has 1 rings (SSSR count). The molecule has 0 aliphatic rings. The second-order valence-electron chi connectivity index (χ2n) is 4.09. The van der Waals surface area contributed by atoms with Crippen LogP contribution in [-0.2, 0) is 16.0 Å². The Labute approximate surface area is 108 Å². The lowest BCUT2D eigenvalue weighted by molar-refractivity contribution is 0.0695. The zero-order valence-corrected chi connectivity index (χ0v) is 11.9. The largest absolute Gasteiger partial charge is 0.382 e. The molecule has 0 aliphatic heterocycles. The Morgan fingerprint density at radius 3 is 2.71 bits per heavy atom. The van der Waals surface area contributed by atoms with Gasteiger partial charge in [-0.25, -0.2) is 0 Å². The van der Waals surface area contributed by atoms with Crippen molar-refractivity contribution in [2.75, 3.05) is 33.5 Å². The molecule has 0 bridgehead atoms. The van der Waals surface area contributed by atoms with Crippen molar-refractivity contribution in [2.45, 2.75) is 26.8 Å². The van der Waals surface area contributed by atoms with Crippen LogP contribution >= 0.6 is 11.3 Å². The highest BCUT2D eigenvalue weighted by Gasteiger charge is 2.00. The predicted molar refractivity (Wildman–Crippen MR) is 72.8 cm³/mol. The van der Waals surface area contributed by atoms with Gasteiger partial charge in [0.2, 0.25) is 0 Å². The first kappa shape index (κ1) is 14.6. The van der Waals surface area contributed by atoms with Crippen LogP contribution in [0.3, 0.4) is 0 Å². The first-order chi connectivity index (χ1) is 8.24. The lowest BCUT2D eigenvalue weighted by Gasteiger charge is -2.04. The zero-order chi connectivity index (χ0) is 12.5. The van der Waals surface area contributed by atoms with E-state index in [1.54, 1.807) is 7.11 Å². The van der Waals surface area contributed by atoms with Crippen LogP contribution in [0.25, 0.3) is 0 Å². The Bertz CT molecular complexity index is 293. The topological polar surface area (TPSA) is 30.5 Å². The number of hydrogen-bond acceptors (Lipinski definition) is 4. The van der Waals surface area contributed by atoms with Crippen molar-refractivity contribution in [2.24, 2.45) is 0 Å². The lowest BCUT2D eigenvalue weighted by Crippen LogP contribution is -2.16. The van der Waals surface area contributed by atoms with Crippen LogP contribution in [-0.4, -0.2) is 33.5 Å². The third kappa shape index (κ3) is 6.17. The molecule has 0 unspecified atom stereocenters. The fourth-order valence-corrected chi connectivity index (χ4v) is 2.52. The molecule has 0 saturated heterocycles. The monoisotopic (exact) mass is 257 g/mol. The minimum atomic E-state index is 0.682. The summed E-state index contributed by atoms with van der Waals surface area (Å²) in [5.41, 5.74) is 1.40. The number of aryl methyl sites for hydroxylation is 2. The van der Waals surface area contributed by atoms with Gasteiger partial charge in [0.15, 0.2) is 0 Å². The summed E-state index contributed by atoms with van der Waals surface area (Å²) < 4.78 is 10.3. The standard InChI is InChI=1S/C13H23NO2S/c1-11-9-13(17-12(11)2)10-14-5-4-6-16-8-7-15-3/h9,14H,4-8,10H2,1-3H3. The van der Waals surface area contributed by atoms with Crippen LogP contribution < -0.4 is 5.32 Å². The average molecular weight is 257 g/mol. The highest BCUT2D eigenvalue weighted by atomic mass is 32.1. The molecule has 1 N–H and O–H groups in total. The van der Waals surface area contributed by atoms with E-state index >= 15 is 0 Å². The summed E-state index contributed by atoms with van der Waals surface area (Å²) in [4.78, 5) is 2.84. The van der Waals surface area contributed by atoms with Gasteiger partial charge in [0.05, 0.1) is 13.2 Å². The molecule has 3 nitrogen and oxygen atoms in total. The maximum absolute atomic E-state index is 5.39. The van der Waals surface area contributed by atoms with Crippen LogP contribution in [0.15, 0.2) is 6.07 Å². The van der Waals surface area contributed by atoms with Gasteiger partial charge in [-0.15, -0.1) is 11.3 Å². The van der Waals surface area contributed by atoms with Gasteiger partial charge in [0, 0.05) is 30.0 Å². The highest BCUT2D eigenvalue weighted by molar-refractivity contribution is 7.12. The lowest BCUT2D eigenvalue weighted by atomic mass is 10.3. The van der Waals surface area contributed by atoms with Gasteiger partial charge >= 0.3 is 0 Å². The molecule has 0 spiro atoms. The summed E-state index contributed by atoms with van der Waals surface area (Å²) in [5.74, 6) is 0. The van der Waals surface area contributed by atoms with E-state index in [2.05, 4.69) is 25.2 Å². The van der Waals surface area contributed by atoms with Crippen molar-refractivity contribution in [3.8, 4) is 0 Å². The van der Waals surface area contributed by atoms with Gasteiger partial charge in [-0.2, -0.15) is 0 Å². The van der Waals surface area contributed by atoms with E-state index in [0.717, 1.165) is 26.1 Å². The Morgan fingerprint density at radius 2 is 2.06 bits per heavy atom. The van der Waals surface area contributed by atoms with Crippen LogP contribution in [0.1, 0.15) is 21.7 Å². The number of nitrogens with one attached hydrogen (secondary N) is 1. The van der Waals surface area contributed by atoms with Gasteiger partial charge < -0.3 is 14.8 Å². The number of rotatable bonds is 9. The first-order valence-corrected chi connectivity index (χ1v) is 6.89. The summed E-state index contributed by atoms with van der Waals surface area (Å²) >= 11 is 1.88. The first-order valence-electron chi connectivity index (χ1n) is 6.07. The summed E-state index contributed by atoms with van der Waals surface area (Å²) in [6, 6.07) is 2.27. The van der Waals surface area contributed by atoms with Crippen molar-refractivity contribution in [1.29, 1.82) is 0 Å². The summed E-state index contributed by atoms with van der Waals surface area (Å²) in [6.07, 6.45) is 1.05. The second-order valence-corrected chi connectivity index (χ2v) is 5.43. The van der Waals surface area contributed by atoms with Gasteiger partial charge in [0.25, 0.3) is 0 Å². The SMILES string of the molecule is COCCOCCCNCc1cc(C)c(C)s1. The minimum absolute atomic E-state index is 0.682. The smallest absolute Gasteiger partial charge is 0.0700 e.